The van der Waals surface area contributed by atoms with Gasteiger partial charge in [0.15, 0.2) is 5.13 Å². The van der Waals surface area contributed by atoms with Gasteiger partial charge in [0.25, 0.3) is 5.91 Å². The zero-order chi connectivity index (χ0) is 17.6. The lowest BCUT2D eigenvalue weighted by atomic mass is 10.2. The highest BCUT2D eigenvalue weighted by Gasteiger charge is 2.15. The van der Waals surface area contributed by atoms with Crippen molar-refractivity contribution in [3.05, 3.63) is 51.7 Å². The highest BCUT2D eigenvalue weighted by atomic mass is 32.1. The minimum absolute atomic E-state index is 0.182. The first-order valence-corrected chi connectivity index (χ1v) is 9.06. The number of rotatable bonds is 3. The number of hydrogen-bond acceptors (Lipinski definition) is 7. The first-order chi connectivity index (χ1) is 12.0. The zero-order valence-corrected chi connectivity index (χ0v) is 15.0. The van der Waals surface area contributed by atoms with Crippen molar-refractivity contribution in [1.82, 2.24) is 4.98 Å². The molecule has 0 unspecified atom stereocenters. The SMILES string of the molecule is CN(C)c1nc2sc(C(=O)Nc3ccc4oc(=O)ccc4c3)cc2s1. The Bertz CT molecular complexity index is 1130. The lowest BCUT2D eigenvalue weighted by Crippen LogP contribution is -2.10. The van der Waals surface area contributed by atoms with Crippen molar-refractivity contribution in [2.24, 2.45) is 0 Å². The quantitative estimate of drug-likeness (QED) is 0.555. The van der Waals surface area contributed by atoms with Gasteiger partial charge in [-0.3, -0.25) is 4.79 Å². The highest BCUT2D eigenvalue weighted by Crippen LogP contribution is 2.34. The molecule has 0 saturated carbocycles. The van der Waals surface area contributed by atoms with Crippen molar-refractivity contribution in [1.29, 1.82) is 0 Å². The summed E-state index contributed by atoms with van der Waals surface area (Å²) in [6, 6.07) is 10.0. The summed E-state index contributed by atoms with van der Waals surface area (Å²) in [4.78, 5) is 31.6. The van der Waals surface area contributed by atoms with Crippen LogP contribution in [0.2, 0.25) is 0 Å². The molecule has 25 heavy (non-hydrogen) atoms. The van der Waals surface area contributed by atoms with Gasteiger partial charge in [-0.15, -0.1) is 11.3 Å². The molecular weight excluding hydrogens is 358 g/mol. The van der Waals surface area contributed by atoms with E-state index < -0.39 is 5.63 Å². The number of nitrogens with zero attached hydrogens (tertiary/aromatic N) is 2. The molecule has 0 aliphatic carbocycles. The molecule has 126 valence electrons. The number of carbonyl (C=O) groups is 1. The second-order valence-electron chi connectivity index (χ2n) is 5.63. The number of hydrogen-bond donors (Lipinski definition) is 1. The fraction of sp³-hybridized carbons (Fsp3) is 0.118. The van der Waals surface area contributed by atoms with E-state index in [0.29, 0.717) is 16.1 Å². The minimum Gasteiger partial charge on any atom is -0.423 e. The summed E-state index contributed by atoms with van der Waals surface area (Å²) in [5.41, 5.74) is 0.736. The summed E-state index contributed by atoms with van der Waals surface area (Å²) in [6.07, 6.45) is 0. The second kappa shape index (κ2) is 5.98. The predicted octanol–water partition coefficient (Wildman–Crippen LogP) is 3.78. The van der Waals surface area contributed by atoms with Crippen LogP contribution in [0.15, 0.2) is 45.6 Å². The Hall–Kier alpha value is -2.71. The molecule has 4 aromatic rings. The molecule has 6 nitrogen and oxygen atoms in total. The largest absolute Gasteiger partial charge is 0.423 e. The first kappa shape index (κ1) is 15.8. The number of amides is 1. The Morgan fingerprint density at radius 1 is 1.16 bits per heavy atom. The van der Waals surface area contributed by atoms with Crippen molar-refractivity contribution in [2.75, 3.05) is 24.3 Å². The van der Waals surface area contributed by atoms with Gasteiger partial charge in [-0.25, -0.2) is 9.78 Å². The third kappa shape index (κ3) is 3.01. The lowest BCUT2D eigenvalue weighted by Gasteiger charge is -2.05. The van der Waals surface area contributed by atoms with E-state index in [9.17, 15) is 9.59 Å². The molecule has 4 rings (SSSR count). The van der Waals surface area contributed by atoms with E-state index in [-0.39, 0.29) is 5.91 Å². The molecule has 8 heteroatoms. The molecule has 0 aliphatic rings. The van der Waals surface area contributed by atoms with Crippen LogP contribution in [0.25, 0.3) is 20.5 Å². The van der Waals surface area contributed by atoms with E-state index in [4.69, 9.17) is 4.42 Å². The van der Waals surface area contributed by atoms with Crippen molar-refractivity contribution in [3.63, 3.8) is 0 Å². The van der Waals surface area contributed by atoms with Gasteiger partial charge in [0.2, 0.25) is 0 Å². The molecule has 0 bridgehead atoms. The summed E-state index contributed by atoms with van der Waals surface area (Å²) < 4.78 is 6.09. The Morgan fingerprint density at radius 3 is 2.76 bits per heavy atom. The molecule has 0 fully saturated rings. The molecule has 0 atom stereocenters. The Kier molecular flexibility index (Phi) is 3.78. The number of anilines is 2. The van der Waals surface area contributed by atoms with Crippen LogP contribution in [0, 0.1) is 0 Å². The number of benzene rings is 1. The van der Waals surface area contributed by atoms with Crippen molar-refractivity contribution in [2.45, 2.75) is 0 Å². The van der Waals surface area contributed by atoms with Crippen LogP contribution >= 0.6 is 22.7 Å². The fourth-order valence-electron chi connectivity index (χ4n) is 2.37. The summed E-state index contributed by atoms with van der Waals surface area (Å²) in [5, 5.41) is 4.54. The number of aromatic nitrogens is 1. The van der Waals surface area contributed by atoms with E-state index in [0.717, 1.165) is 20.0 Å². The van der Waals surface area contributed by atoms with Crippen LogP contribution in [0.5, 0.6) is 0 Å². The third-order valence-corrected chi connectivity index (χ3v) is 5.89. The molecule has 0 aliphatic heterocycles. The standard InChI is InChI=1S/C17H13N3O3S2/c1-20(2)17-19-16-13(25-17)8-12(24-16)15(22)18-10-4-5-11-9(7-10)3-6-14(21)23-11/h3-8H,1-2H3,(H,18,22). The highest BCUT2D eigenvalue weighted by molar-refractivity contribution is 7.29. The topological polar surface area (TPSA) is 75.4 Å². The predicted molar refractivity (Wildman–Crippen MR) is 102 cm³/mol. The maximum absolute atomic E-state index is 12.5. The van der Waals surface area contributed by atoms with Gasteiger partial charge in [-0.1, -0.05) is 11.3 Å². The van der Waals surface area contributed by atoms with Gasteiger partial charge in [0.05, 0.1) is 9.58 Å². The molecule has 0 radical (unpaired) electrons. The van der Waals surface area contributed by atoms with Crippen LogP contribution in [0.3, 0.4) is 0 Å². The second-order valence-corrected chi connectivity index (χ2v) is 7.67. The van der Waals surface area contributed by atoms with Crippen LogP contribution in [0.4, 0.5) is 10.8 Å². The maximum Gasteiger partial charge on any atom is 0.336 e. The van der Waals surface area contributed by atoms with Gasteiger partial charge < -0.3 is 14.6 Å². The molecule has 1 amide bonds. The van der Waals surface area contributed by atoms with Crippen molar-refractivity contribution in [3.8, 4) is 0 Å². The van der Waals surface area contributed by atoms with Crippen LogP contribution in [-0.2, 0) is 0 Å². The summed E-state index contributed by atoms with van der Waals surface area (Å²) in [5.74, 6) is -0.182. The molecular formula is C17H13N3O3S2. The number of thiazole rings is 1. The summed E-state index contributed by atoms with van der Waals surface area (Å²) in [7, 11) is 3.88. The molecule has 0 spiro atoms. The molecule has 0 saturated heterocycles. The van der Waals surface area contributed by atoms with Gasteiger partial charge in [0.1, 0.15) is 10.4 Å². The number of nitrogens with one attached hydrogen (secondary N) is 1. The minimum atomic E-state index is -0.396. The number of thiophene rings is 1. The molecule has 1 aromatic carbocycles. The molecule has 3 aromatic heterocycles. The molecule has 1 N–H and O–H groups in total. The van der Waals surface area contributed by atoms with Gasteiger partial charge in [-0.05, 0) is 30.3 Å². The van der Waals surface area contributed by atoms with E-state index in [1.54, 1.807) is 35.6 Å². The number of fused-ring (bicyclic) bond motifs is 2. The lowest BCUT2D eigenvalue weighted by molar-refractivity contribution is 0.103. The Balaban J connectivity index is 1.59. The average Bonchev–Trinajstić information content (AvgIpc) is 3.14. The molecule has 3 heterocycles. The smallest absolute Gasteiger partial charge is 0.336 e. The van der Waals surface area contributed by atoms with E-state index in [2.05, 4.69) is 10.3 Å². The van der Waals surface area contributed by atoms with Gasteiger partial charge in [-0.2, -0.15) is 0 Å². The normalized spacial score (nSPS) is 11.1. The van der Waals surface area contributed by atoms with Gasteiger partial charge >= 0.3 is 5.63 Å². The average molecular weight is 371 g/mol. The Morgan fingerprint density at radius 2 is 2.00 bits per heavy atom. The Labute approximate surface area is 150 Å². The third-order valence-electron chi connectivity index (χ3n) is 3.56. The van der Waals surface area contributed by atoms with Gasteiger partial charge in [0, 0.05) is 31.2 Å². The van der Waals surface area contributed by atoms with Crippen LogP contribution < -0.4 is 15.8 Å². The first-order valence-electron chi connectivity index (χ1n) is 7.42. The number of carbonyl (C=O) groups excluding carboxylic acids is 1. The summed E-state index contributed by atoms with van der Waals surface area (Å²) in [6.45, 7) is 0. The monoisotopic (exact) mass is 371 g/mol. The van der Waals surface area contributed by atoms with Crippen LogP contribution in [0.1, 0.15) is 9.67 Å². The van der Waals surface area contributed by atoms with E-state index >= 15 is 0 Å². The van der Waals surface area contributed by atoms with Crippen LogP contribution in [-0.4, -0.2) is 25.0 Å². The summed E-state index contributed by atoms with van der Waals surface area (Å²) >= 11 is 2.93. The van der Waals surface area contributed by atoms with Crippen molar-refractivity contribution >= 4 is 59.9 Å². The van der Waals surface area contributed by atoms with E-state index in [1.165, 1.54) is 17.4 Å². The fourth-order valence-corrected chi connectivity index (χ4v) is 4.40. The van der Waals surface area contributed by atoms with Crippen molar-refractivity contribution < 1.29 is 9.21 Å². The van der Waals surface area contributed by atoms with E-state index in [1.807, 2.05) is 25.1 Å². The maximum atomic E-state index is 12.5. The zero-order valence-electron chi connectivity index (χ0n) is 13.4.